The van der Waals surface area contributed by atoms with Gasteiger partial charge in [-0.3, -0.25) is 9.59 Å². The number of halogens is 3. The number of hydrogen-bond donors (Lipinski definition) is 1. The molecule has 0 atom stereocenters. The number of aryl methyl sites for hydroxylation is 2. The molecule has 3 aromatic rings. The van der Waals surface area contributed by atoms with Crippen molar-refractivity contribution >= 4 is 28.3 Å². The van der Waals surface area contributed by atoms with Crippen molar-refractivity contribution < 1.29 is 22.7 Å². The lowest BCUT2D eigenvalue weighted by Gasteiger charge is -2.31. The van der Waals surface area contributed by atoms with Gasteiger partial charge in [0.05, 0.1) is 35.5 Å². The highest BCUT2D eigenvalue weighted by Gasteiger charge is 2.32. The number of nitrogens with one attached hydrogen (secondary N) is 1. The summed E-state index contributed by atoms with van der Waals surface area (Å²) in [6.45, 7) is 5.88. The topological polar surface area (TPSA) is 76.5 Å². The van der Waals surface area contributed by atoms with Crippen molar-refractivity contribution in [1.29, 1.82) is 0 Å². The molecule has 3 heterocycles. The smallest absolute Gasteiger partial charge is 0.378 e. The predicted molar refractivity (Wildman–Crippen MR) is 119 cm³/mol. The molecule has 1 saturated heterocycles. The number of hydrogen-bond acceptors (Lipinski definition) is 5. The van der Waals surface area contributed by atoms with Crippen LogP contribution >= 0.6 is 0 Å². The molecule has 0 unspecified atom stereocenters. The highest BCUT2D eigenvalue weighted by atomic mass is 19.4. The Balaban J connectivity index is 1.77. The zero-order valence-corrected chi connectivity index (χ0v) is 18.2. The minimum atomic E-state index is -4.58. The quantitative estimate of drug-likeness (QED) is 0.641. The number of rotatable bonds is 4. The first kappa shape index (κ1) is 22.8. The zero-order chi connectivity index (χ0) is 23.8. The van der Waals surface area contributed by atoms with E-state index in [0.717, 1.165) is 17.8 Å². The van der Waals surface area contributed by atoms with Gasteiger partial charge in [0, 0.05) is 31.5 Å². The highest BCUT2D eigenvalue weighted by molar-refractivity contribution is 6.07. The van der Waals surface area contributed by atoms with Gasteiger partial charge < -0.3 is 19.5 Å². The molecule has 0 spiro atoms. The summed E-state index contributed by atoms with van der Waals surface area (Å²) < 4.78 is 47.1. The number of ether oxygens (including phenoxy) is 1. The molecule has 0 saturated carbocycles. The van der Waals surface area contributed by atoms with Crippen LogP contribution in [0.5, 0.6) is 0 Å². The van der Waals surface area contributed by atoms with Crippen LogP contribution in [0, 0.1) is 6.92 Å². The number of benzene rings is 1. The molecule has 1 aliphatic rings. The molecule has 1 aromatic carbocycles. The third-order valence-corrected chi connectivity index (χ3v) is 5.57. The average Bonchev–Trinajstić information content (AvgIpc) is 2.79. The zero-order valence-electron chi connectivity index (χ0n) is 18.2. The lowest BCUT2D eigenvalue weighted by atomic mass is 10.1. The fraction of sp³-hybridized carbons (Fsp3) is 0.348. The molecule has 0 bridgehead atoms. The van der Waals surface area contributed by atoms with Crippen molar-refractivity contribution in [2.45, 2.75) is 26.6 Å². The van der Waals surface area contributed by atoms with Crippen LogP contribution < -0.4 is 15.6 Å². The number of morpholine rings is 1. The second kappa shape index (κ2) is 8.86. The summed E-state index contributed by atoms with van der Waals surface area (Å²) in [5.74, 6) is -0.779. The molecule has 4 rings (SSSR count). The lowest BCUT2D eigenvalue weighted by Crippen LogP contribution is -2.37. The molecule has 0 aliphatic carbocycles. The minimum Gasteiger partial charge on any atom is -0.378 e. The standard InChI is InChI=1S/C23H23F3N4O3/c1-3-29-13-17(20(31)16-6-4-14(2)27-21(16)29)22(32)28-18-12-15(23(24,25)26)5-7-19(18)30-8-10-33-11-9-30/h4-7,12-13H,3,8-11H2,1-2H3,(H,28,32). The van der Waals surface area contributed by atoms with Gasteiger partial charge in [-0.1, -0.05) is 0 Å². The molecule has 174 valence electrons. The van der Waals surface area contributed by atoms with Crippen molar-refractivity contribution in [1.82, 2.24) is 9.55 Å². The minimum absolute atomic E-state index is 0.0127. The van der Waals surface area contributed by atoms with E-state index < -0.39 is 23.1 Å². The van der Waals surface area contributed by atoms with Crippen LogP contribution in [0.4, 0.5) is 24.5 Å². The maximum atomic E-state index is 13.4. The van der Waals surface area contributed by atoms with E-state index in [-0.39, 0.29) is 16.6 Å². The number of alkyl halides is 3. The van der Waals surface area contributed by atoms with Gasteiger partial charge in [-0.15, -0.1) is 0 Å². The van der Waals surface area contributed by atoms with Gasteiger partial charge in [-0.25, -0.2) is 4.98 Å². The number of fused-ring (bicyclic) bond motifs is 1. The van der Waals surface area contributed by atoms with E-state index in [2.05, 4.69) is 10.3 Å². The maximum absolute atomic E-state index is 13.4. The van der Waals surface area contributed by atoms with Crippen LogP contribution in [-0.4, -0.2) is 41.8 Å². The Morgan fingerprint density at radius 2 is 1.91 bits per heavy atom. The van der Waals surface area contributed by atoms with E-state index in [1.165, 1.54) is 12.3 Å². The predicted octanol–water partition coefficient (Wildman–Crippen LogP) is 3.83. The van der Waals surface area contributed by atoms with E-state index in [1.54, 1.807) is 23.6 Å². The SMILES string of the molecule is CCn1cc(C(=O)Nc2cc(C(F)(F)F)ccc2N2CCOCC2)c(=O)c2ccc(C)nc21. The Morgan fingerprint density at radius 1 is 1.18 bits per heavy atom. The monoisotopic (exact) mass is 460 g/mol. The average molecular weight is 460 g/mol. The van der Waals surface area contributed by atoms with Crippen molar-refractivity contribution in [2.75, 3.05) is 36.5 Å². The van der Waals surface area contributed by atoms with Gasteiger partial charge in [-0.2, -0.15) is 13.2 Å². The fourth-order valence-corrected chi connectivity index (χ4v) is 3.84. The normalized spacial score (nSPS) is 14.5. The number of anilines is 2. The molecule has 1 fully saturated rings. The van der Waals surface area contributed by atoms with Crippen LogP contribution in [0.1, 0.15) is 28.5 Å². The van der Waals surface area contributed by atoms with E-state index in [9.17, 15) is 22.8 Å². The lowest BCUT2D eigenvalue weighted by molar-refractivity contribution is -0.137. The van der Waals surface area contributed by atoms with Crippen LogP contribution in [0.2, 0.25) is 0 Å². The first-order chi connectivity index (χ1) is 15.7. The molecule has 1 aliphatic heterocycles. The molecule has 1 amide bonds. The summed E-state index contributed by atoms with van der Waals surface area (Å²) in [4.78, 5) is 32.4. The Morgan fingerprint density at radius 3 is 2.58 bits per heavy atom. The molecule has 10 heteroatoms. The Bertz CT molecular complexity index is 1260. The highest BCUT2D eigenvalue weighted by Crippen LogP contribution is 2.36. The van der Waals surface area contributed by atoms with Crippen molar-refractivity contribution in [3.63, 3.8) is 0 Å². The van der Waals surface area contributed by atoms with Crippen LogP contribution in [-0.2, 0) is 17.5 Å². The van der Waals surface area contributed by atoms with Crippen LogP contribution in [0.25, 0.3) is 11.0 Å². The molecule has 2 aromatic heterocycles. The van der Waals surface area contributed by atoms with Gasteiger partial charge in [0.15, 0.2) is 0 Å². The molecular formula is C23H23F3N4O3. The summed E-state index contributed by atoms with van der Waals surface area (Å²) in [5, 5.41) is 2.82. The number of nitrogens with zero attached hydrogens (tertiary/aromatic N) is 3. The largest absolute Gasteiger partial charge is 0.416 e. The van der Waals surface area contributed by atoms with E-state index in [0.29, 0.717) is 44.2 Å². The van der Waals surface area contributed by atoms with Crippen molar-refractivity contribution in [3.8, 4) is 0 Å². The second-order valence-corrected chi connectivity index (χ2v) is 7.76. The van der Waals surface area contributed by atoms with E-state index >= 15 is 0 Å². The molecule has 0 radical (unpaired) electrons. The van der Waals surface area contributed by atoms with Crippen LogP contribution in [0.15, 0.2) is 41.3 Å². The number of carbonyl (C=O) groups excluding carboxylic acids is 1. The van der Waals surface area contributed by atoms with Gasteiger partial charge in [0.1, 0.15) is 11.2 Å². The van der Waals surface area contributed by atoms with Gasteiger partial charge in [0.25, 0.3) is 5.91 Å². The summed E-state index contributed by atoms with van der Waals surface area (Å²) in [7, 11) is 0. The van der Waals surface area contributed by atoms with Crippen molar-refractivity contribution in [3.05, 3.63) is 63.6 Å². The summed E-state index contributed by atoms with van der Waals surface area (Å²) >= 11 is 0. The number of aromatic nitrogens is 2. The third-order valence-electron chi connectivity index (χ3n) is 5.57. The molecule has 7 nitrogen and oxygen atoms in total. The first-order valence-electron chi connectivity index (χ1n) is 10.5. The molecule has 33 heavy (non-hydrogen) atoms. The third kappa shape index (κ3) is 4.56. The number of pyridine rings is 2. The maximum Gasteiger partial charge on any atom is 0.416 e. The molecule has 1 N–H and O–H groups in total. The number of carbonyl (C=O) groups is 1. The Labute approximate surface area is 187 Å². The molecular weight excluding hydrogens is 437 g/mol. The van der Waals surface area contributed by atoms with Crippen LogP contribution in [0.3, 0.4) is 0 Å². The Kier molecular flexibility index (Phi) is 6.11. The second-order valence-electron chi connectivity index (χ2n) is 7.76. The summed E-state index contributed by atoms with van der Waals surface area (Å²) in [5.41, 5.74) is 0.0151. The van der Waals surface area contributed by atoms with Gasteiger partial charge >= 0.3 is 6.18 Å². The fourth-order valence-electron chi connectivity index (χ4n) is 3.84. The van der Waals surface area contributed by atoms with Crippen molar-refractivity contribution in [2.24, 2.45) is 0 Å². The number of amides is 1. The summed E-state index contributed by atoms with van der Waals surface area (Å²) in [6, 6.07) is 6.49. The van der Waals surface area contributed by atoms with E-state index in [4.69, 9.17) is 4.74 Å². The first-order valence-corrected chi connectivity index (χ1v) is 10.5. The van der Waals surface area contributed by atoms with E-state index in [1.807, 2.05) is 11.8 Å². The summed E-state index contributed by atoms with van der Waals surface area (Å²) in [6.07, 6.45) is -3.18. The van der Waals surface area contributed by atoms with Gasteiger partial charge in [-0.05, 0) is 44.2 Å². The van der Waals surface area contributed by atoms with Gasteiger partial charge in [0.2, 0.25) is 5.43 Å². The Hall–Kier alpha value is -3.40.